The van der Waals surface area contributed by atoms with E-state index in [0.717, 1.165) is 33.3 Å². The maximum atomic E-state index is 13.2. The lowest BCUT2D eigenvalue weighted by Crippen LogP contribution is -1.90. The second-order valence-electron chi connectivity index (χ2n) is 5.45. The summed E-state index contributed by atoms with van der Waals surface area (Å²) in [6.45, 7) is 0. The molecule has 0 fully saturated rings. The van der Waals surface area contributed by atoms with Crippen LogP contribution in [0.4, 0.5) is 4.39 Å². The summed E-state index contributed by atoms with van der Waals surface area (Å²) in [6.07, 6.45) is 0. The monoisotopic (exact) mass is 335 g/mol. The molecule has 0 aliphatic heterocycles. The predicted octanol–water partition coefficient (Wildman–Crippen LogP) is 6.13. The van der Waals surface area contributed by atoms with Crippen molar-refractivity contribution in [3.05, 3.63) is 90.7 Å². The average molecular weight is 336 g/mol. The molecule has 0 amide bonds. The minimum atomic E-state index is -0.238. The Labute approximate surface area is 146 Å². The van der Waals surface area contributed by atoms with Crippen LogP contribution in [0.2, 0.25) is 0 Å². The molecule has 0 saturated carbocycles. The molecule has 0 aliphatic rings. The highest BCUT2D eigenvalue weighted by Crippen LogP contribution is 2.31. The van der Waals surface area contributed by atoms with E-state index in [1.165, 1.54) is 12.1 Å². The number of benzene rings is 3. The Bertz CT molecular complexity index is 966. The van der Waals surface area contributed by atoms with E-state index in [0.29, 0.717) is 0 Å². The minimum absolute atomic E-state index is 0. The third kappa shape index (κ3) is 3.01. The number of hydrogen-bond donors (Lipinski definition) is 0. The molecule has 0 radical (unpaired) electrons. The largest absolute Gasteiger partial charge is 0.248 e. The van der Waals surface area contributed by atoms with Crippen LogP contribution in [0.1, 0.15) is 0 Å². The van der Waals surface area contributed by atoms with Crippen LogP contribution < -0.4 is 0 Å². The molecule has 0 bridgehead atoms. The molecule has 0 aliphatic carbocycles. The van der Waals surface area contributed by atoms with Crippen LogP contribution in [0.25, 0.3) is 33.3 Å². The molecule has 24 heavy (non-hydrogen) atoms. The molecular formula is C21H15ClFN. The number of halogens is 2. The molecule has 0 unspecified atom stereocenters. The van der Waals surface area contributed by atoms with Crippen molar-refractivity contribution in [2.75, 3.05) is 0 Å². The van der Waals surface area contributed by atoms with Gasteiger partial charge in [0.1, 0.15) is 5.82 Å². The molecule has 1 heterocycles. The van der Waals surface area contributed by atoms with Gasteiger partial charge in [-0.1, -0.05) is 48.5 Å². The number of aromatic nitrogens is 1. The van der Waals surface area contributed by atoms with Crippen LogP contribution in [-0.4, -0.2) is 4.98 Å². The van der Waals surface area contributed by atoms with E-state index in [9.17, 15) is 4.39 Å². The zero-order valence-corrected chi connectivity index (χ0v) is 13.6. The quantitative estimate of drug-likeness (QED) is 0.429. The van der Waals surface area contributed by atoms with Crippen molar-refractivity contribution in [3.63, 3.8) is 0 Å². The van der Waals surface area contributed by atoms with Crippen LogP contribution in [0.3, 0.4) is 0 Å². The second-order valence-corrected chi connectivity index (χ2v) is 5.45. The number of fused-ring (bicyclic) bond motifs is 1. The Kier molecular flexibility index (Phi) is 4.59. The van der Waals surface area contributed by atoms with E-state index in [-0.39, 0.29) is 18.2 Å². The summed E-state index contributed by atoms with van der Waals surface area (Å²) in [7, 11) is 0. The molecule has 3 heteroatoms. The molecule has 0 saturated heterocycles. The molecule has 0 atom stereocenters. The summed E-state index contributed by atoms with van der Waals surface area (Å²) in [5.74, 6) is -0.238. The van der Waals surface area contributed by atoms with Crippen molar-refractivity contribution in [3.8, 4) is 22.4 Å². The van der Waals surface area contributed by atoms with Gasteiger partial charge in [0, 0.05) is 10.9 Å². The van der Waals surface area contributed by atoms with Crippen molar-refractivity contribution in [2.24, 2.45) is 0 Å². The highest BCUT2D eigenvalue weighted by molar-refractivity contribution is 5.96. The molecule has 4 aromatic rings. The van der Waals surface area contributed by atoms with Gasteiger partial charge in [-0.2, -0.15) is 0 Å². The Morgan fingerprint density at radius 3 is 2.08 bits per heavy atom. The van der Waals surface area contributed by atoms with Crippen molar-refractivity contribution in [1.29, 1.82) is 0 Å². The summed E-state index contributed by atoms with van der Waals surface area (Å²) < 4.78 is 13.2. The first-order valence-electron chi connectivity index (χ1n) is 7.52. The Morgan fingerprint density at radius 2 is 1.33 bits per heavy atom. The lowest BCUT2D eigenvalue weighted by atomic mass is 9.98. The number of hydrogen-bond acceptors (Lipinski definition) is 1. The molecule has 1 aromatic heterocycles. The van der Waals surface area contributed by atoms with E-state index in [1.54, 1.807) is 12.1 Å². The normalized spacial score (nSPS) is 10.4. The highest BCUT2D eigenvalue weighted by Gasteiger charge is 2.09. The fourth-order valence-corrected chi connectivity index (χ4v) is 2.80. The van der Waals surface area contributed by atoms with E-state index in [4.69, 9.17) is 4.98 Å². The van der Waals surface area contributed by atoms with Gasteiger partial charge in [-0.05, 0) is 47.5 Å². The van der Waals surface area contributed by atoms with Gasteiger partial charge in [0.2, 0.25) is 0 Å². The Morgan fingerprint density at radius 1 is 0.667 bits per heavy atom. The van der Waals surface area contributed by atoms with Gasteiger partial charge >= 0.3 is 0 Å². The SMILES string of the molecule is Cl.Fc1ccc(-c2cc(-c3ccccc3)c3ccccc3n2)cc1. The molecule has 118 valence electrons. The van der Waals surface area contributed by atoms with Gasteiger partial charge in [0.25, 0.3) is 0 Å². The smallest absolute Gasteiger partial charge is 0.123 e. The maximum Gasteiger partial charge on any atom is 0.123 e. The van der Waals surface area contributed by atoms with Crippen molar-refractivity contribution >= 4 is 23.3 Å². The van der Waals surface area contributed by atoms with Crippen molar-refractivity contribution < 1.29 is 4.39 Å². The fraction of sp³-hybridized carbons (Fsp3) is 0. The zero-order chi connectivity index (χ0) is 15.6. The minimum Gasteiger partial charge on any atom is -0.248 e. The van der Waals surface area contributed by atoms with Gasteiger partial charge in [0.15, 0.2) is 0 Å². The average Bonchev–Trinajstić information content (AvgIpc) is 2.62. The highest BCUT2D eigenvalue weighted by atomic mass is 35.5. The van der Waals surface area contributed by atoms with Crippen LogP contribution in [0.15, 0.2) is 84.9 Å². The van der Waals surface area contributed by atoms with Gasteiger partial charge < -0.3 is 0 Å². The van der Waals surface area contributed by atoms with E-state index in [1.807, 2.05) is 36.4 Å². The topological polar surface area (TPSA) is 12.9 Å². The van der Waals surface area contributed by atoms with Crippen LogP contribution in [-0.2, 0) is 0 Å². The zero-order valence-electron chi connectivity index (χ0n) is 12.8. The third-order valence-electron chi connectivity index (χ3n) is 3.94. The van der Waals surface area contributed by atoms with Crippen LogP contribution in [0, 0.1) is 5.82 Å². The van der Waals surface area contributed by atoms with Gasteiger partial charge in [-0.3, -0.25) is 0 Å². The number of rotatable bonds is 2. The summed E-state index contributed by atoms with van der Waals surface area (Å²) in [5.41, 5.74) is 4.98. The molecule has 0 N–H and O–H groups in total. The van der Waals surface area contributed by atoms with Crippen molar-refractivity contribution in [1.82, 2.24) is 4.98 Å². The number of nitrogens with zero attached hydrogens (tertiary/aromatic N) is 1. The lowest BCUT2D eigenvalue weighted by molar-refractivity contribution is 0.628. The molecule has 0 spiro atoms. The van der Waals surface area contributed by atoms with Crippen LogP contribution >= 0.6 is 12.4 Å². The molecule has 1 nitrogen and oxygen atoms in total. The standard InChI is InChI=1S/C21H14FN.ClH/c22-17-12-10-16(11-13-17)21-14-19(15-6-2-1-3-7-15)18-8-4-5-9-20(18)23-21;/h1-14H;1H. The van der Waals surface area contributed by atoms with Gasteiger partial charge in [-0.25, -0.2) is 9.37 Å². The van der Waals surface area contributed by atoms with E-state index in [2.05, 4.69) is 24.3 Å². The first-order valence-corrected chi connectivity index (χ1v) is 7.52. The van der Waals surface area contributed by atoms with Gasteiger partial charge in [-0.15, -0.1) is 12.4 Å². The summed E-state index contributed by atoms with van der Waals surface area (Å²) >= 11 is 0. The maximum absolute atomic E-state index is 13.2. The second kappa shape index (κ2) is 6.81. The van der Waals surface area contributed by atoms with Crippen molar-refractivity contribution in [2.45, 2.75) is 0 Å². The summed E-state index contributed by atoms with van der Waals surface area (Å²) in [4.78, 5) is 4.74. The molecular weight excluding hydrogens is 321 g/mol. The molecule has 4 rings (SSSR count). The number of para-hydroxylation sites is 1. The van der Waals surface area contributed by atoms with Gasteiger partial charge in [0.05, 0.1) is 11.2 Å². The van der Waals surface area contributed by atoms with Crippen LogP contribution in [0.5, 0.6) is 0 Å². The fourth-order valence-electron chi connectivity index (χ4n) is 2.80. The summed E-state index contributed by atoms with van der Waals surface area (Å²) in [5, 5.41) is 1.12. The Balaban J connectivity index is 0.00000169. The Hall–Kier alpha value is -2.71. The molecule has 3 aromatic carbocycles. The first-order chi connectivity index (χ1) is 11.3. The third-order valence-corrected chi connectivity index (χ3v) is 3.94. The summed E-state index contributed by atoms with van der Waals surface area (Å²) in [6, 6.07) is 26.9. The number of pyridine rings is 1. The lowest BCUT2D eigenvalue weighted by Gasteiger charge is -2.10. The van der Waals surface area contributed by atoms with E-state index >= 15 is 0 Å². The van der Waals surface area contributed by atoms with E-state index < -0.39 is 0 Å². The first kappa shape index (κ1) is 16.2. The predicted molar refractivity (Wildman–Crippen MR) is 99.8 cm³/mol.